The van der Waals surface area contributed by atoms with E-state index < -0.39 is 0 Å². The van der Waals surface area contributed by atoms with Gasteiger partial charge in [-0.3, -0.25) is 4.79 Å². The summed E-state index contributed by atoms with van der Waals surface area (Å²) >= 11 is 1.58. The summed E-state index contributed by atoms with van der Waals surface area (Å²) in [6, 6.07) is 8.78. The summed E-state index contributed by atoms with van der Waals surface area (Å²) in [7, 11) is 0. The van der Waals surface area contributed by atoms with Gasteiger partial charge in [-0.25, -0.2) is 4.98 Å². The number of nitrogens with one attached hydrogen (secondary N) is 1. The maximum absolute atomic E-state index is 12.1. The smallest absolute Gasteiger partial charge is 0.226 e. The molecule has 0 aliphatic heterocycles. The van der Waals surface area contributed by atoms with Gasteiger partial charge in [-0.2, -0.15) is 0 Å². The normalized spacial score (nSPS) is 15.0. The minimum atomic E-state index is 0.106. The second-order valence-electron chi connectivity index (χ2n) is 7.44. The number of carbonyl (C=O) groups excluding carboxylic acids is 1. The standard InChI is InChI=1S/C21H28N2OS/c1-15(2)18-10-7-17(8-11-18)13-19-14-22-21(25-19)23-20(24)12-9-16-5-3-4-6-16/h7-8,10-11,14-16H,3-6,9,12-13H2,1-2H3,(H,22,23,24). The van der Waals surface area contributed by atoms with Crippen molar-refractivity contribution in [3.8, 4) is 0 Å². The third kappa shape index (κ3) is 5.40. The fourth-order valence-electron chi connectivity index (χ4n) is 3.48. The van der Waals surface area contributed by atoms with Gasteiger partial charge < -0.3 is 5.32 Å². The average Bonchev–Trinajstić information content (AvgIpc) is 3.25. The molecule has 3 rings (SSSR count). The molecule has 1 aromatic carbocycles. The molecule has 1 heterocycles. The lowest BCUT2D eigenvalue weighted by molar-refractivity contribution is -0.116. The number of anilines is 1. The van der Waals surface area contributed by atoms with Crippen LogP contribution in [0.25, 0.3) is 0 Å². The van der Waals surface area contributed by atoms with Gasteiger partial charge in [0.05, 0.1) is 0 Å². The zero-order valence-corrected chi connectivity index (χ0v) is 16.1. The van der Waals surface area contributed by atoms with Crippen LogP contribution in [0.4, 0.5) is 5.13 Å². The van der Waals surface area contributed by atoms with Crippen LogP contribution >= 0.6 is 11.3 Å². The summed E-state index contributed by atoms with van der Waals surface area (Å²) in [5, 5.41) is 3.69. The molecule has 1 aromatic heterocycles. The maximum atomic E-state index is 12.1. The van der Waals surface area contributed by atoms with Crippen molar-refractivity contribution in [1.29, 1.82) is 0 Å². The van der Waals surface area contributed by atoms with E-state index >= 15 is 0 Å². The molecule has 1 fully saturated rings. The number of thiazole rings is 1. The van der Waals surface area contributed by atoms with Crippen molar-refractivity contribution in [2.45, 2.75) is 64.7 Å². The molecule has 1 N–H and O–H groups in total. The van der Waals surface area contributed by atoms with Crippen LogP contribution in [0.1, 0.15) is 74.3 Å². The van der Waals surface area contributed by atoms with Gasteiger partial charge in [-0.15, -0.1) is 11.3 Å². The van der Waals surface area contributed by atoms with Crippen molar-refractivity contribution >= 4 is 22.4 Å². The third-order valence-electron chi connectivity index (χ3n) is 5.08. The number of nitrogens with zero attached hydrogens (tertiary/aromatic N) is 1. The van der Waals surface area contributed by atoms with Crippen molar-refractivity contribution in [2.75, 3.05) is 5.32 Å². The second-order valence-corrected chi connectivity index (χ2v) is 8.56. The van der Waals surface area contributed by atoms with Crippen LogP contribution in [0.5, 0.6) is 0 Å². The number of rotatable bonds is 7. The molecule has 134 valence electrons. The van der Waals surface area contributed by atoms with E-state index in [1.54, 1.807) is 11.3 Å². The van der Waals surface area contributed by atoms with Crippen LogP contribution in [0.2, 0.25) is 0 Å². The van der Waals surface area contributed by atoms with E-state index in [0.717, 1.165) is 23.9 Å². The van der Waals surface area contributed by atoms with Gasteiger partial charge in [-0.1, -0.05) is 63.8 Å². The maximum Gasteiger partial charge on any atom is 0.226 e. The quantitative estimate of drug-likeness (QED) is 0.684. The molecule has 1 aliphatic rings. The van der Waals surface area contributed by atoms with Gasteiger partial charge in [-0.05, 0) is 29.4 Å². The number of hydrogen-bond donors (Lipinski definition) is 1. The zero-order valence-electron chi connectivity index (χ0n) is 15.3. The molecule has 0 radical (unpaired) electrons. The first kappa shape index (κ1) is 18.1. The fraction of sp³-hybridized carbons (Fsp3) is 0.524. The molecular weight excluding hydrogens is 328 g/mol. The van der Waals surface area contributed by atoms with Gasteiger partial charge in [0.1, 0.15) is 0 Å². The van der Waals surface area contributed by atoms with Crippen LogP contribution in [0, 0.1) is 5.92 Å². The van der Waals surface area contributed by atoms with Crippen LogP contribution in [-0.2, 0) is 11.2 Å². The summed E-state index contributed by atoms with van der Waals surface area (Å²) in [6.07, 6.45) is 9.65. The van der Waals surface area contributed by atoms with Crippen LogP contribution in [-0.4, -0.2) is 10.9 Å². The van der Waals surface area contributed by atoms with E-state index in [-0.39, 0.29) is 5.91 Å². The molecule has 1 aliphatic carbocycles. The predicted octanol–water partition coefficient (Wildman–Crippen LogP) is 5.77. The van der Waals surface area contributed by atoms with Crippen molar-refractivity contribution in [3.63, 3.8) is 0 Å². The first-order valence-corrected chi connectivity index (χ1v) is 10.2. The van der Waals surface area contributed by atoms with Crippen LogP contribution in [0.15, 0.2) is 30.5 Å². The Morgan fingerprint density at radius 1 is 1.24 bits per heavy atom. The van der Waals surface area contributed by atoms with E-state index in [9.17, 15) is 4.79 Å². The van der Waals surface area contributed by atoms with E-state index in [1.165, 1.54) is 41.7 Å². The number of aromatic nitrogens is 1. The number of amides is 1. The number of hydrogen-bond acceptors (Lipinski definition) is 3. The first-order valence-electron chi connectivity index (χ1n) is 9.43. The Morgan fingerprint density at radius 2 is 1.96 bits per heavy atom. The zero-order chi connectivity index (χ0) is 17.6. The molecule has 0 saturated heterocycles. The first-order chi connectivity index (χ1) is 12.1. The second kappa shape index (κ2) is 8.61. The van der Waals surface area contributed by atoms with Gasteiger partial charge in [0, 0.05) is 23.9 Å². The molecular formula is C21H28N2OS. The minimum Gasteiger partial charge on any atom is -0.302 e. The highest BCUT2D eigenvalue weighted by Crippen LogP contribution is 2.29. The lowest BCUT2D eigenvalue weighted by Crippen LogP contribution is -2.12. The number of benzene rings is 1. The summed E-state index contributed by atoms with van der Waals surface area (Å²) < 4.78 is 0. The van der Waals surface area contributed by atoms with Crippen molar-refractivity contribution in [3.05, 3.63) is 46.5 Å². The lowest BCUT2D eigenvalue weighted by atomic mass is 10.0. The highest BCUT2D eigenvalue weighted by molar-refractivity contribution is 7.15. The topological polar surface area (TPSA) is 42.0 Å². The van der Waals surface area contributed by atoms with E-state index in [2.05, 4.69) is 48.4 Å². The summed E-state index contributed by atoms with van der Waals surface area (Å²) in [4.78, 5) is 17.6. The SMILES string of the molecule is CC(C)c1ccc(Cc2cnc(NC(=O)CCC3CCCC3)s2)cc1. The summed E-state index contributed by atoms with van der Waals surface area (Å²) in [5.74, 6) is 1.42. The molecule has 4 heteroatoms. The number of carbonyl (C=O) groups is 1. The monoisotopic (exact) mass is 356 g/mol. The Hall–Kier alpha value is -1.68. The Bertz CT molecular complexity index is 684. The minimum absolute atomic E-state index is 0.106. The molecule has 3 nitrogen and oxygen atoms in total. The van der Waals surface area contributed by atoms with Gasteiger partial charge in [0.25, 0.3) is 0 Å². The highest BCUT2D eigenvalue weighted by atomic mass is 32.1. The van der Waals surface area contributed by atoms with Crippen molar-refractivity contribution in [1.82, 2.24) is 4.98 Å². The molecule has 0 bridgehead atoms. The van der Waals surface area contributed by atoms with Gasteiger partial charge in [0.15, 0.2) is 5.13 Å². The molecule has 2 aromatic rings. The van der Waals surface area contributed by atoms with Crippen LogP contribution in [0.3, 0.4) is 0 Å². The summed E-state index contributed by atoms with van der Waals surface area (Å²) in [6.45, 7) is 4.42. The molecule has 1 amide bonds. The lowest BCUT2D eigenvalue weighted by Gasteiger charge is -2.07. The Morgan fingerprint density at radius 3 is 2.64 bits per heavy atom. The summed E-state index contributed by atoms with van der Waals surface area (Å²) in [5.41, 5.74) is 2.65. The Balaban J connectivity index is 1.48. The molecule has 0 spiro atoms. The van der Waals surface area contributed by atoms with Gasteiger partial charge >= 0.3 is 0 Å². The van der Waals surface area contributed by atoms with Gasteiger partial charge in [0.2, 0.25) is 5.91 Å². The largest absolute Gasteiger partial charge is 0.302 e. The predicted molar refractivity (Wildman–Crippen MR) is 105 cm³/mol. The Labute approximate surface area is 154 Å². The van der Waals surface area contributed by atoms with Crippen molar-refractivity contribution < 1.29 is 4.79 Å². The van der Waals surface area contributed by atoms with E-state index in [0.29, 0.717) is 12.3 Å². The van der Waals surface area contributed by atoms with Crippen molar-refractivity contribution in [2.24, 2.45) is 5.92 Å². The van der Waals surface area contributed by atoms with Crippen LogP contribution < -0.4 is 5.32 Å². The fourth-order valence-corrected chi connectivity index (χ4v) is 4.35. The highest BCUT2D eigenvalue weighted by Gasteiger charge is 2.16. The average molecular weight is 357 g/mol. The molecule has 0 atom stereocenters. The third-order valence-corrected chi connectivity index (χ3v) is 5.99. The van der Waals surface area contributed by atoms with E-state index in [4.69, 9.17) is 0 Å². The Kier molecular flexibility index (Phi) is 6.24. The van der Waals surface area contributed by atoms with E-state index in [1.807, 2.05) is 6.20 Å². The molecule has 25 heavy (non-hydrogen) atoms. The molecule has 1 saturated carbocycles. The molecule has 0 unspecified atom stereocenters.